The van der Waals surface area contributed by atoms with Gasteiger partial charge in [0.25, 0.3) is 0 Å². The van der Waals surface area contributed by atoms with Gasteiger partial charge >= 0.3 is 0 Å². The third-order valence-electron chi connectivity index (χ3n) is 4.58. The molecule has 1 aromatic carbocycles. The zero-order valence-electron chi connectivity index (χ0n) is 11.9. The highest BCUT2D eigenvalue weighted by Crippen LogP contribution is 2.43. The van der Waals surface area contributed by atoms with Crippen LogP contribution >= 0.6 is 0 Å². The Labute approximate surface area is 110 Å². The van der Waals surface area contributed by atoms with Crippen LogP contribution in [0.15, 0.2) is 18.2 Å². The molecule has 0 saturated carbocycles. The van der Waals surface area contributed by atoms with E-state index in [2.05, 4.69) is 30.9 Å². The van der Waals surface area contributed by atoms with E-state index in [0.717, 1.165) is 24.8 Å². The fraction of sp³-hybridized carbons (Fsp3) is 0.562. The van der Waals surface area contributed by atoms with Crippen LogP contribution < -0.4 is 4.90 Å². The van der Waals surface area contributed by atoms with Crippen LogP contribution in [0, 0.1) is 0 Å². The molecule has 1 aliphatic carbocycles. The summed E-state index contributed by atoms with van der Waals surface area (Å²) in [4.78, 5) is 14.2. The van der Waals surface area contributed by atoms with E-state index >= 15 is 0 Å². The minimum atomic E-state index is 0.204. The van der Waals surface area contributed by atoms with E-state index in [-0.39, 0.29) is 5.41 Å². The molecule has 0 aromatic heterocycles. The highest BCUT2D eigenvalue weighted by Gasteiger charge is 2.36. The van der Waals surface area contributed by atoms with Crippen LogP contribution in [0.25, 0.3) is 0 Å². The molecular weight excluding hydrogens is 222 g/mol. The fourth-order valence-electron chi connectivity index (χ4n) is 3.10. The summed E-state index contributed by atoms with van der Waals surface area (Å²) >= 11 is 0. The number of hydrogen-bond acceptors (Lipinski definition) is 2. The predicted molar refractivity (Wildman–Crippen MR) is 76.6 cm³/mol. The second-order valence-corrected chi connectivity index (χ2v) is 5.53. The number of anilines is 1. The summed E-state index contributed by atoms with van der Waals surface area (Å²) in [7, 11) is 4.10. The molecule has 0 amide bonds. The zero-order chi connectivity index (χ0) is 13.3. The van der Waals surface area contributed by atoms with Gasteiger partial charge < -0.3 is 4.90 Å². The fourth-order valence-corrected chi connectivity index (χ4v) is 3.10. The van der Waals surface area contributed by atoms with E-state index in [1.807, 2.05) is 20.2 Å². The molecule has 1 aliphatic rings. The molecule has 2 nitrogen and oxygen atoms in total. The molecule has 0 radical (unpaired) electrons. The van der Waals surface area contributed by atoms with Crippen molar-refractivity contribution in [3.8, 4) is 0 Å². The Bertz CT molecular complexity index is 458. The van der Waals surface area contributed by atoms with Crippen molar-refractivity contribution >= 4 is 11.5 Å². The van der Waals surface area contributed by atoms with Gasteiger partial charge in [-0.05, 0) is 48.4 Å². The Kier molecular flexibility index (Phi) is 3.47. The second kappa shape index (κ2) is 4.75. The Morgan fingerprint density at radius 2 is 1.89 bits per heavy atom. The molecular formula is C16H23NO. The number of hydrogen-bond donors (Lipinski definition) is 0. The first-order valence-corrected chi connectivity index (χ1v) is 6.89. The van der Waals surface area contributed by atoms with Crippen molar-refractivity contribution in [2.24, 2.45) is 0 Å². The van der Waals surface area contributed by atoms with E-state index in [4.69, 9.17) is 0 Å². The summed E-state index contributed by atoms with van der Waals surface area (Å²) in [6.07, 6.45) is 3.93. The van der Waals surface area contributed by atoms with E-state index in [1.165, 1.54) is 11.3 Å². The van der Waals surface area contributed by atoms with Gasteiger partial charge in [0, 0.05) is 31.8 Å². The van der Waals surface area contributed by atoms with Crippen LogP contribution in [0.3, 0.4) is 0 Å². The molecule has 0 N–H and O–H groups in total. The minimum Gasteiger partial charge on any atom is -0.378 e. The van der Waals surface area contributed by atoms with Crippen LogP contribution in [-0.4, -0.2) is 19.9 Å². The number of ketones is 1. The first-order chi connectivity index (χ1) is 8.54. The van der Waals surface area contributed by atoms with Gasteiger partial charge in [-0.1, -0.05) is 13.8 Å². The molecule has 0 saturated heterocycles. The van der Waals surface area contributed by atoms with Gasteiger partial charge in [0.05, 0.1) is 0 Å². The van der Waals surface area contributed by atoms with Crippen molar-refractivity contribution in [2.45, 2.75) is 44.9 Å². The maximum Gasteiger partial charge on any atom is 0.163 e. The molecule has 0 bridgehead atoms. The summed E-state index contributed by atoms with van der Waals surface area (Å²) < 4.78 is 0. The average molecular weight is 245 g/mol. The van der Waals surface area contributed by atoms with Crippen molar-refractivity contribution in [1.29, 1.82) is 0 Å². The molecule has 1 aromatic rings. The van der Waals surface area contributed by atoms with E-state index in [1.54, 1.807) is 0 Å². The molecule has 0 heterocycles. The van der Waals surface area contributed by atoms with Gasteiger partial charge in [0.15, 0.2) is 5.78 Å². The average Bonchev–Trinajstić information content (AvgIpc) is 2.39. The van der Waals surface area contributed by atoms with Crippen LogP contribution in [0.2, 0.25) is 0 Å². The number of Topliss-reactive ketones (excluding diaryl/α,β-unsaturated/α-hetero) is 1. The summed E-state index contributed by atoms with van der Waals surface area (Å²) in [5, 5.41) is 0. The highest BCUT2D eigenvalue weighted by molar-refractivity contribution is 5.99. The van der Waals surface area contributed by atoms with Crippen LogP contribution in [-0.2, 0) is 5.41 Å². The third kappa shape index (κ3) is 1.94. The van der Waals surface area contributed by atoms with Gasteiger partial charge in [0.1, 0.15) is 0 Å². The first kappa shape index (κ1) is 13.1. The molecule has 98 valence electrons. The van der Waals surface area contributed by atoms with Crippen molar-refractivity contribution in [1.82, 2.24) is 0 Å². The van der Waals surface area contributed by atoms with Gasteiger partial charge in [0.2, 0.25) is 0 Å². The van der Waals surface area contributed by atoms with Crippen molar-refractivity contribution in [3.63, 3.8) is 0 Å². The summed E-state index contributed by atoms with van der Waals surface area (Å²) in [6, 6.07) is 6.30. The standard InChI is InChI=1S/C16H23NO/c1-5-16(6-2)10-9-15(18)13-8-7-12(17(3)4)11-14(13)16/h7-8,11H,5-6,9-10H2,1-4H3. The number of carbonyl (C=O) groups is 1. The van der Waals surface area contributed by atoms with Gasteiger partial charge in [-0.3, -0.25) is 4.79 Å². The Morgan fingerprint density at radius 3 is 2.44 bits per heavy atom. The van der Waals surface area contributed by atoms with E-state index < -0.39 is 0 Å². The summed E-state index contributed by atoms with van der Waals surface area (Å²) in [6.45, 7) is 4.48. The Morgan fingerprint density at radius 1 is 1.22 bits per heavy atom. The molecule has 0 atom stereocenters. The Balaban J connectivity index is 2.60. The van der Waals surface area contributed by atoms with Gasteiger partial charge in [-0.2, -0.15) is 0 Å². The van der Waals surface area contributed by atoms with Gasteiger partial charge in [-0.15, -0.1) is 0 Å². The molecule has 0 unspecified atom stereocenters. The van der Waals surface area contributed by atoms with Crippen molar-refractivity contribution in [3.05, 3.63) is 29.3 Å². The van der Waals surface area contributed by atoms with Crippen molar-refractivity contribution in [2.75, 3.05) is 19.0 Å². The third-order valence-corrected chi connectivity index (χ3v) is 4.58. The van der Waals surface area contributed by atoms with Crippen molar-refractivity contribution < 1.29 is 4.79 Å². The summed E-state index contributed by atoms with van der Waals surface area (Å²) in [5.74, 6) is 0.313. The van der Waals surface area contributed by atoms with E-state index in [0.29, 0.717) is 12.2 Å². The minimum absolute atomic E-state index is 0.204. The van der Waals surface area contributed by atoms with E-state index in [9.17, 15) is 4.79 Å². The second-order valence-electron chi connectivity index (χ2n) is 5.53. The lowest BCUT2D eigenvalue weighted by molar-refractivity contribution is 0.0948. The lowest BCUT2D eigenvalue weighted by atomic mass is 9.66. The monoisotopic (exact) mass is 245 g/mol. The highest BCUT2D eigenvalue weighted by atomic mass is 16.1. The molecule has 18 heavy (non-hydrogen) atoms. The molecule has 2 rings (SSSR count). The topological polar surface area (TPSA) is 20.3 Å². The normalized spacial score (nSPS) is 17.4. The number of rotatable bonds is 3. The smallest absolute Gasteiger partial charge is 0.163 e. The molecule has 0 spiro atoms. The molecule has 0 fully saturated rings. The maximum absolute atomic E-state index is 12.1. The lowest BCUT2D eigenvalue weighted by Crippen LogP contribution is -2.32. The maximum atomic E-state index is 12.1. The SMILES string of the molecule is CCC1(CC)CCC(=O)c2ccc(N(C)C)cc21. The molecule has 2 heteroatoms. The zero-order valence-corrected chi connectivity index (χ0v) is 11.9. The van der Waals surface area contributed by atoms with Crippen LogP contribution in [0.5, 0.6) is 0 Å². The number of carbonyl (C=O) groups excluding carboxylic acids is 1. The first-order valence-electron chi connectivity index (χ1n) is 6.89. The van der Waals surface area contributed by atoms with Crippen LogP contribution in [0.4, 0.5) is 5.69 Å². The van der Waals surface area contributed by atoms with Gasteiger partial charge in [-0.25, -0.2) is 0 Å². The number of benzene rings is 1. The number of fused-ring (bicyclic) bond motifs is 1. The quantitative estimate of drug-likeness (QED) is 0.807. The summed E-state index contributed by atoms with van der Waals surface area (Å²) in [5.41, 5.74) is 3.62. The Hall–Kier alpha value is -1.31. The predicted octanol–water partition coefficient (Wildman–Crippen LogP) is 3.79. The molecule has 0 aliphatic heterocycles. The lowest BCUT2D eigenvalue weighted by Gasteiger charge is -2.38. The number of nitrogens with zero attached hydrogens (tertiary/aromatic N) is 1. The largest absolute Gasteiger partial charge is 0.378 e. The van der Waals surface area contributed by atoms with Crippen LogP contribution in [0.1, 0.15) is 55.5 Å².